The van der Waals surface area contributed by atoms with Gasteiger partial charge < -0.3 is 19.7 Å². The molecule has 0 spiro atoms. The molecule has 200 valence electrons. The van der Waals surface area contributed by atoms with E-state index in [0.29, 0.717) is 43.9 Å². The molecule has 2 amide bonds. The van der Waals surface area contributed by atoms with Crippen molar-refractivity contribution in [1.29, 1.82) is 0 Å². The van der Waals surface area contributed by atoms with Crippen molar-refractivity contribution in [3.05, 3.63) is 64.7 Å². The van der Waals surface area contributed by atoms with Crippen molar-refractivity contribution in [1.82, 2.24) is 10.2 Å². The van der Waals surface area contributed by atoms with Crippen LogP contribution in [0.3, 0.4) is 0 Å². The van der Waals surface area contributed by atoms with Crippen LogP contribution in [0.1, 0.15) is 93.1 Å². The van der Waals surface area contributed by atoms with E-state index in [-0.39, 0.29) is 29.7 Å². The summed E-state index contributed by atoms with van der Waals surface area (Å²) in [6.07, 6.45) is 2.09. The van der Waals surface area contributed by atoms with Gasteiger partial charge in [0.05, 0.1) is 36.5 Å². The molecule has 2 aromatic carbocycles. The van der Waals surface area contributed by atoms with Crippen LogP contribution in [0.2, 0.25) is 0 Å². The Hall–Kier alpha value is -3.19. The van der Waals surface area contributed by atoms with Crippen LogP contribution in [0, 0.1) is 6.92 Å². The fourth-order valence-electron chi connectivity index (χ4n) is 4.93. The van der Waals surface area contributed by atoms with Crippen molar-refractivity contribution < 1.29 is 23.9 Å². The van der Waals surface area contributed by atoms with E-state index in [9.17, 15) is 14.4 Å². The molecule has 0 aromatic heterocycles. The fraction of sp³-hybridized carbons (Fsp3) is 0.500. The zero-order chi connectivity index (χ0) is 27.2. The minimum absolute atomic E-state index is 0.0192. The summed E-state index contributed by atoms with van der Waals surface area (Å²) in [6.45, 7) is 11.9. The first-order valence-corrected chi connectivity index (χ1v) is 13.1. The molecule has 37 heavy (non-hydrogen) atoms. The summed E-state index contributed by atoms with van der Waals surface area (Å²) in [7, 11) is 0. The van der Waals surface area contributed by atoms with E-state index in [1.54, 1.807) is 11.0 Å². The summed E-state index contributed by atoms with van der Waals surface area (Å²) in [5.41, 5.74) is 2.50. The van der Waals surface area contributed by atoms with Gasteiger partial charge in [-0.15, -0.1) is 0 Å². The number of urea groups is 1. The van der Waals surface area contributed by atoms with E-state index in [4.69, 9.17) is 9.47 Å². The van der Waals surface area contributed by atoms with Crippen LogP contribution in [-0.4, -0.2) is 47.8 Å². The van der Waals surface area contributed by atoms with Crippen LogP contribution in [0.25, 0.3) is 0 Å². The maximum atomic E-state index is 13.6. The monoisotopic (exact) mass is 508 g/mol. The summed E-state index contributed by atoms with van der Waals surface area (Å²) >= 11 is 0. The fourth-order valence-corrected chi connectivity index (χ4v) is 4.93. The van der Waals surface area contributed by atoms with Gasteiger partial charge in [0.25, 0.3) is 0 Å². The summed E-state index contributed by atoms with van der Waals surface area (Å²) < 4.78 is 11.9. The topological polar surface area (TPSA) is 84.9 Å². The van der Waals surface area contributed by atoms with E-state index in [1.165, 1.54) is 13.8 Å². The largest absolute Gasteiger partial charge is 0.493 e. The van der Waals surface area contributed by atoms with Gasteiger partial charge in [-0.1, -0.05) is 36.4 Å². The van der Waals surface area contributed by atoms with Gasteiger partial charge in [0, 0.05) is 6.54 Å². The molecule has 0 aliphatic heterocycles. The van der Waals surface area contributed by atoms with Crippen molar-refractivity contribution in [2.75, 3.05) is 19.8 Å². The maximum Gasteiger partial charge on any atom is 0.318 e. The van der Waals surface area contributed by atoms with Crippen LogP contribution in [0.15, 0.2) is 42.5 Å². The molecule has 1 aliphatic rings. The third kappa shape index (κ3) is 6.39. The maximum absolute atomic E-state index is 13.6. The standard InChI is InChI=1S/C30H40N2O5/c1-7-36-28-20(2)26(14-15-27(28)22(4)33)21(3)32(29(35)31-30(24(6)34)16-11-17-30)18-19-37-23(5)25-12-9-8-10-13-25/h8-10,12-15,21,23H,7,11,16-19H2,1-6H3,(H,31,35)/t21-,23+/m1/s1. The minimum Gasteiger partial charge on any atom is -0.493 e. The van der Waals surface area contributed by atoms with Crippen LogP contribution >= 0.6 is 0 Å². The van der Waals surface area contributed by atoms with Gasteiger partial charge in [0.2, 0.25) is 0 Å². The molecule has 1 fully saturated rings. The van der Waals surface area contributed by atoms with E-state index < -0.39 is 5.54 Å². The van der Waals surface area contributed by atoms with Crippen molar-refractivity contribution in [2.24, 2.45) is 0 Å². The second kappa shape index (κ2) is 12.4. The lowest BCUT2D eigenvalue weighted by atomic mass is 9.74. The number of rotatable bonds is 12. The zero-order valence-electron chi connectivity index (χ0n) is 22.9. The van der Waals surface area contributed by atoms with Crippen LogP contribution < -0.4 is 10.1 Å². The second-order valence-electron chi connectivity index (χ2n) is 9.86. The average molecular weight is 509 g/mol. The normalized spacial score (nSPS) is 15.7. The molecule has 2 atom stereocenters. The number of hydrogen-bond donors (Lipinski definition) is 1. The van der Waals surface area contributed by atoms with Gasteiger partial charge in [0.15, 0.2) is 11.6 Å². The van der Waals surface area contributed by atoms with Crippen molar-refractivity contribution >= 4 is 17.6 Å². The molecule has 1 aliphatic carbocycles. The number of carbonyl (C=O) groups is 3. The van der Waals surface area contributed by atoms with Crippen molar-refractivity contribution in [3.63, 3.8) is 0 Å². The first kappa shape index (κ1) is 28.4. The number of amides is 2. The molecule has 3 rings (SSSR count). The number of hydrogen-bond acceptors (Lipinski definition) is 5. The van der Waals surface area contributed by atoms with Gasteiger partial charge in [-0.25, -0.2) is 4.79 Å². The number of nitrogens with zero attached hydrogens (tertiary/aromatic N) is 1. The number of carbonyl (C=O) groups excluding carboxylic acids is 3. The molecule has 1 saturated carbocycles. The number of ether oxygens (including phenoxy) is 2. The quantitative estimate of drug-likeness (QED) is 0.358. The first-order valence-electron chi connectivity index (χ1n) is 13.1. The summed E-state index contributed by atoms with van der Waals surface area (Å²) in [5.74, 6) is 0.458. The van der Waals surface area contributed by atoms with E-state index in [1.807, 2.05) is 64.1 Å². The van der Waals surface area contributed by atoms with E-state index >= 15 is 0 Å². The molecular weight excluding hydrogens is 468 g/mol. The Balaban J connectivity index is 1.87. The molecule has 0 saturated heterocycles. The third-order valence-corrected chi connectivity index (χ3v) is 7.49. The minimum atomic E-state index is -0.794. The lowest BCUT2D eigenvalue weighted by Crippen LogP contribution is -2.61. The highest BCUT2D eigenvalue weighted by Gasteiger charge is 2.44. The first-order chi connectivity index (χ1) is 17.6. The number of benzene rings is 2. The number of Topliss-reactive ketones (excluding diaryl/α,β-unsaturated/α-hetero) is 2. The molecular formula is C30H40N2O5. The lowest BCUT2D eigenvalue weighted by molar-refractivity contribution is -0.126. The Labute approximate surface area is 220 Å². The molecule has 1 N–H and O–H groups in total. The molecule has 7 nitrogen and oxygen atoms in total. The van der Waals surface area contributed by atoms with Crippen LogP contribution in [0.5, 0.6) is 5.75 Å². The molecule has 0 unspecified atom stereocenters. The average Bonchev–Trinajstić information content (AvgIpc) is 2.84. The summed E-state index contributed by atoms with van der Waals surface area (Å²) in [6, 6.07) is 12.9. The van der Waals surface area contributed by atoms with E-state index in [0.717, 1.165) is 23.1 Å². The van der Waals surface area contributed by atoms with Crippen molar-refractivity contribution in [2.45, 2.75) is 78.5 Å². The highest BCUT2D eigenvalue weighted by Crippen LogP contribution is 2.35. The number of nitrogens with one attached hydrogen (secondary N) is 1. The predicted octanol–water partition coefficient (Wildman–Crippen LogP) is 5.96. The van der Waals surface area contributed by atoms with Gasteiger partial charge in [-0.2, -0.15) is 0 Å². The Morgan fingerprint density at radius 2 is 1.73 bits per heavy atom. The van der Waals surface area contributed by atoms with Gasteiger partial charge in [-0.3, -0.25) is 9.59 Å². The van der Waals surface area contributed by atoms with Crippen LogP contribution in [-0.2, 0) is 9.53 Å². The van der Waals surface area contributed by atoms with Gasteiger partial charge in [-0.05, 0) is 83.6 Å². The smallest absolute Gasteiger partial charge is 0.318 e. The Morgan fingerprint density at radius 3 is 2.27 bits per heavy atom. The van der Waals surface area contributed by atoms with Crippen molar-refractivity contribution in [3.8, 4) is 5.75 Å². The second-order valence-corrected chi connectivity index (χ2v) is 9.86. The Bertz CT molecular complexity index is 1110. The molecule has 7 heteroatoms. The molecule has 0 heterocycles. The van der Waals surface area contributed by atoms with Crippen LogP contribution in [0.4, 0.5) is 4.79 Å². The molecule has 2 aromatic rings. The van der Waals surface area contributed by atoms with Gasteiger partial charge in [0.1, 0.15) is 5.75 Å². The highest BCUT2D eigenvalue weighted by atomic mass is 16.5. The third-order valence-electron chi connectivity index (χ3n) is 7.49. The number of ketones is 2. The van der Waals surface area contributed by atoms with Gasteiger partial charge >= 0.3 is 6.03 Å². The Kier molecular flexibility index (Phi) is 9.49. The summed E-state index contributed by atoms with van der Waals surface area (Å²) in [5, 5.41) is 3.04. The predicted molar refractivity (Wildman–Crippen MR) is 144 cm³/mol. The Morgan fingerprint density at radius 1 is 1.05 bits per heavy atom. The summed E-state index contributed by atoms with van der Waals surface area (Å²) in [4.78, 5) is 39.9. The molecule has 0 bridgehead atoms. The molecule has 0 radical (unpaired) electrons. The zero-order valence-corrected chi connectivity index (χ0v) is 22.9. The van der Waals surface area contributed by atoms with E-state index in [2.05, 4.69) is 5.32 Å². The highest BCUT2D eigenvalue weighted by molar-refractivity contribution is 5.97. The SMILES string of the molecule is CCOc1c(C(C)=O)ccc([C@@H](C)N(CCO[C@@H](C)c2ccccc2)C(=O)NC2(C(C)=O)CCC2)c1C. The lowest BCUT2D eigenvalue weighted by Gasteiger charge is -2.42.